The Balaban J connectivity index is 2.00. The quantitative estimate of drug-likeness (QED) is 0.929. The molecule has 1 aliphatic rings. The van der Waals surface area contributed by atoms with E-state index in [0.29, 0.717) is 30.7 Å². The van der Waals surface area contributed by atoms with Gasteiger partial charge in [-0.05, 0) is 31.9 Å². The number of ether oxygens (including phenoxy) is 1. The molecule has 5 nitrogen and oxygen atoms in total. The minimum Gasteiger partial charge on any atom is -0.396 e. The lowest BCUT2D eigenvalue weighted by atomic mass is 9.81. The maximum atomic E-state index is 12.6. The van der Waals surface area contributed by atoms with Crippen molar-refractivity contribution in [2.75, 3.05) is 19.8 Å². The third-order valence-corrected chi connectivity index (χ3v) is 4.37. The second-order valence-electron chi connectivity index (χ2n) is 5.97. The number of fused-ring (bicyclic) bond motifs is 1. The fourth-order valence-electron chi connectivity index (χ4n) is 2.92. The predicted octanol–water partition coefficient (Wildman–Crippen LogP) is 1.49. The van der Waals surface area contributed by atoms with Crippen LogP contribution >= 0.6 is 0 Å². The summed E-state index contributed by atoms with van der Waals surface area (Å²) in [6, 6.07) is 5.69. The van der Waals surface area contributed by atoms with E-state index in [1.807, 2.05) is 25.1 Å². The van der Waals surface area contributed by atoms with Gasteiger partial charge in [0.25, 0.3) is 5.56 Å². The molecule has 0 spiro atoms. The summed E-state index contributed by atoms with van der Waals surface area (Å²) in [5.74, 6) is 0. The van der Waals surface area contributed by atoms with E-state index in [1.165, 1.54) is 0 Å². The second kappa shape index (κ2) is 5.58. The van der Waals surface area contributed by atoms with Crippen LogP contribution in [0.3, 0.4) is 0 Å². The summed E-state index contributed by atoms with van der Waals surface area (Å²) >= 11 is 0. The molecule has 0 saturated carbocycles. The van der Waals surface area contributed by atoms with Crippen molar-refractivity contribution in [3.63, 3.8) is 0 Å². The van der Waals surface area contributed by atoms with Crippen LogP contribution in [-0.2, 0) is 11.3 Å². The lowest BCUT2D eigenvalue weighted by molar-refractivity contribution is -0.0258. The molecule has 21 heavy (non-hydrogen) atoms. The molecule has 0 unspecified atom stereocenters. The van der Waals surface area contributed by atoms with Gasteiger partial charge in [-0.25, -0.2) is 4.98 Å². The van der Waals surface area contributed by atoms with Crippen molar-refractivity contribution in [1.82, 2.24) is 9.55 Å². The molecular formula is C16H20N2O3. The molecular weight excluding hydrogens is 268 g/mol. The van der Waals surface area contributed by atoms with Crippen LogP contribution in [0.5, 0.6) is 0 Å². The number of hydrogen-bond donors (Lipinski definition) is 1. The molecule has 1 aromatic heterocycles. The van der Waals surface area contributed by atoms with Gasteiger partial charge in [0.05, 0.1) is 23.8 Å². The minimum absolute atomic E-state index is 0.0389. The van der Waals surface area contributed by atoms with Crippen LogP contribution in [0.4, 0.5) is 0 Å². The Kier molecular flexibility index (Phi) is 3.78. The first-order chi connectivity index (χ1) is 10.1. The molecule has 0 amide bonds. The zero-order chi connectivity index (χ0) is 14.9. The number of aromatic nitrogens is 2. The van der Waals surface area contributed by atoms with Gasteiger partial charge < -0.3 is 9.84 Å². The molecule has 1 saturated heterocycles. The monoisotopic (exact) mass is 288 g/mol. The summed E-state index contributed by atoms with van der Waals surface area (Å²) in [5, 5.41) is 10.4. The zero-order valence-corrected chi connectivity index (χ0v) is 12.2. The molecule has 1 N–H and O–H groups in total. The van der Waals surface area contributed by atoms with Crippen molar-refractivity contribution < 1.29 is 9.84 Å². The average molecular weight is 288 g/mol. The number of nitrogens with zero attached hydrogens (tertiary/aromatic N) is 2. The van der Waals surface area contributed by atoms with Gasteiger partial charge in [0.15, 0.2) is 0 Å². The Labute approximate surface area is 123 Å². The number of aryl methyl sites for hydroxylation is 1. The number of aliphatic hydroxyl groups is 1. The number of benzene rings is 1. The van der Waals surface area contributed by atoms with Crippen molar-refractivity contribution >= 4 is 10.9 Å². The Morgan fingerprint density at radius 2 is 2.14 bits per heavy atom. The molecule has 0 radical (unpaired) electrons. The lowest BCUT2D eigenvalue weighted by Crippen LogP contribution is -2.39. The number of rotatable bonds is 3. The van der Waals surface area contributed by atoms with E-state index in [0.717, 1.165) is 18.4 Å². The first-order valence-corrected chi connectivity index (χ1v) is 7.28. The molecule has 1 fully saturated rings. The average Bonchev–Trinajstić information content (AvgIpc) is 2.52. The van der Waals surface area contributed by atoms with E-state index in [2.05, 4.69) is 4.98 Å². The van der Waals surface area contributed by atoms with Crippen LogP contribution in [0.1, 0.15) is 18.4 Å². The van der Waals surface area contributed by atoms with Gasteiger partial charge in [-0.15, -0.1) is 0 Å². The maximum absolute atomic E-state index is 12.6. The Hall–Kier alpha value is -1.72. The summed E-state index contributed by atoms with van der Waals surface area (Å²) in [5.41, 5.74) is 1.44. The fraction of sp³-hybridized carbons (Fsp3) is 0.500. The highest BCUT2D eigenvalue weighted by Gasteiger charge is 2.32. The molecule has 5 heteroatoms. The summed E-state index contributed by atoms with van der Waals surface area (Å²) in [6.45, 7) is 3.78. The van der Waals surface area contributed by atoms with Crippen molar-refractivity contribution in [2.24, 2.45) is 5.41 Å². The molecule has 2 heterocycles. The topological polar surface area (TPSA) is 64.3 Å². The number of hydrogen-bond acceptors (Lipinski definition) is 4. The van der Waals surface area contributed by atoms with Gasteiger partial charge in [-0.1, -0.05) is 11.6 Å². The Morgan fingerprint density at radius 1 is 1.38 bits per heavy atom. The first-order valence-electron chi connectivity index (χ1n) is 7.28. The minimum atomic E-state index is -0.277. The van der Waals surface area contributed by atoms with Crippen LogP contribution in [0.25, 0.3) is 10.9 Å². The zero-order valence-electron chi connectivity index (χ0n) is 12.2. The Bertz CT molecular complexity index is 702. The van der Waals surface area contributed by atoms with Crippen molar-refractivity contribution in [1.29, 1.82) is 0 Å². The predicted molar refractivity (Wildman–Crippen MR) is 80.3 cm³/mol. The van der Waals surface area contributed by atoms with Gasteiger partial charge in [-0.2, -0.15) is 0 Å². The van der Waals surface area contributed by atoms with Gasteiger partial charge in [0, 0.05) is 25.2 Å². The van der Waals surface area contributed by atoms with Crippen molar-refractivity contribution in [3.8, 4) is 0 Å². The Morgan fingerprint density at radius 3 is 2.86 bits per heavy atom. The third kappa shape index (κ3) is 2.71. The van der Waals surface area contributed by atoms with Gasteiger partial charge in [0.2, 0.25) is 0 Å². The highest BCUT2D eigenvalue weighted by atomic mass is 16.5. The smallest absolute Gasteiger partial charge is 0.261 e. The largest absolute Gasteiger partial charge is 0.396 e. The summed E-state index contributed by atoms with van der Waals surface area (Å²) < 4.78 is 6.99. The van der Waals surface area contributed by atoms with Crippen LogP contribution in [0.15, 0.2) is 29.3 Å². The highest BCUT2D eigenvalue weighted by molar-refractivity contribution is 5.77. The van der Waals surface area contributed by atoms with Crippen molar-refractivity contribution in [2.45, 2.75) is 26.3 Å². The van der Waals surface area contributed by atoms with E-state index < -0.39 is 0 Å². The molecule has 112 valence electrons. The van der Waals surface area contributed by atoms with E-state index in [-0.39, 0.29) is 17.6 Å². The summed E-state index contributed by atoms with van der Waals surface area (Å²) in [6.07, 6.45) is 3.12. The van der Waals surface area contributed by atoms with E-state index in [9.17, 15) is 9.90 Å². The van der Waals surface area contributed by atoms with Crippen LogP contribution in [-0.4, -0.2) is 34.5 Å². The van der Waals surface area contributed by atoms with Crippen LogP contribution < -0.4 is 5.56 Å². The fourth-order valence-corrected chi connectivity index (χ4v) is 2.92. The molecule has 3 rings (SSSR count). The highest BCUT2D eigenvalue weighted by Crippen LogP contribution is 2.31. The first kappa shape index (κ1) is 14.2. The molecule has 0 atom stereocenters. The standard InChI is InChI=1S/C16H20N2O3/c1-12-2-3-14-13(8-12)15(20)18(11-17-14)9-16(10-19)4-6-21-7-5-16/h2-3,8,11,19H,4-7,9-10H2,1H3. The molecule has 1 aliphatic heterocycles. The van der Waals surface area contributed by atoms with E-state index in [1.54, 1.807) is 10.9 Å². The lowest BCUT2D eigenvalue weighted by Gasteiger charge is -2.35. The maximum Gasteiger partial charge on any atom is 0.261 e. The van der Waals surface area contributed by atoms with Gasteiger partial charge >= 0.3 is 0 Å². The summed E-state index contributed by atoms with van der Waals surface area (Å²) in [7, 11) is 0. The van der Waals surface area contributed by atoms with E-state index in [4.69, 9.17) is 4.74 Å². The van der Waals surface area contributed by atoms with Gasteiger partial charge in [-0.3, -0.25) is 9.36 Å². The molecule has 0 aliphatic carbocycles. The molecule has 1 aromatic carbocycles. The molecule has 2 aromatic rings. The SMILES string of the molecule is Cc1ccc2ncn(CC3(CO)CCOCC3)c(=O)c2c1. The van der Waals surface area contributed by atoms with Gasteiger partial charge in [0.1, 0.15) is 0 Å². The van der Waals surface area contributed by atoms with Crippen LogP contribution in [0, 0.1) is 12.3 Å². The van der Waals surface area contributed by atoms with Crippen LogP contribution in [0.2, 0.25) is 0 Å². The van der Waals surface area contributed by atoms with Crippen molar-refractivity contribution in [3.05, 3.63) is 40.4 Å². The number of aliphatic hydroxyl groups excluding tert-OH is 1. The second-order valence-corrected chi connectivity index (χ2v) is 5.97. The van der Waals surface area contributed by atoms with E-state index >= 15 is 0 Å². The third-order valence-electron chi connectivity index (χ3n) is 4.37. The normalized spacial score (nSPS) is 18.0. The summed E-state index contributed by atoms with van der Waals surface area (Å²) in [4.78, 5) is 17.0. The molecule has 0 bridgehead atoms.